The smallest absolute Gasteiger partial charge is 0.319 e. The maximum atomic E-state index is 12.1. The molecule has 3 amide bonds. The van der Waals surface area contributed by atoms with Crippen molar-refractivity contribution in [1.82, 2.24) is 10.6 Å². The van der Waals surface area contributed by atoms with Gasteiger partial charge in [0.2, 0.25) is 0 Å². The molecule has 120 valence electrons. The van der Waals surface area contributed by atoms with E-state index in [1.165, 1.54) is 19.3 Å². The molecule has 0 unspecified atom stereocenters. The van der Waals surface area contributed by atoms with Crippen molar-refractivity contribution in [3.05, 3.63) is 29.8 Å². The first-order valence-corrected chi connectivity index (χ1v) is 8.15. The number of anilines is 1. The van der Waals surface area contributed by atoms with E-state index in [-0.39, 0.29) is 18.0 Å². The van der Waals surface area contributed by atoms with Crippen molar-refractivity contribution in [3.63, 3.8) is 0 Å². The maximum absolute atomic E-state index is 12.1. The highest BCUT2D eigenvalue weighted by atomic mass is 16.2. The minimum absolute atomic E-state index is 0.157. The summed E-state index contributed by atoms with van der Waals surface area (Å²) in [6.45, 7) is 2.63. The summed E-state index contributed by atoms with van der Waals surface area (Å²) in [5.74, 6) is -0.157. The molecule has 1 aromatic carbocycles. The van der Waals surface area contributed by atoms with Crippen LogP contribution in [0.25, 0.3) is 0 Å². The largest absolute Gasteiger partial charge is 0.352 e. The summed E-state index contributed by atoms with van der Waals surface area (Å²) < 4.78 is 0. The van der Waals surface area contributed by atoms with E-state index < -0.39 is 0 Å². The van der Waals surface area contributed by atoms with Crippen molar-refractivity contribution in [2.75, 3.05) is 11.9 Å². The third-order valence-electron chi connectivity index (χ3n) is 3.90. The van der Waals surface area contributed by atoms with Gasteiger partial charge in [0.05, 0.1) is 11.3 Å². The van der Waals surface area contributed by atoms with E-state index in [9.17, 15) is 9.59 Å². The van der Waals surface area contributed by atoms with Gasteiger partial charge in [-0.1, -0.05) is 38.3 Å². The summed E-state index contributed by atoms with van der Waals surface area (Å²) in [5.41, 5.74) is 1.04. The van der Waals surface area contributed by atoms with Gasteiger partial charge in [-0.15, -0.1) is 0 Å². The lowest BCUT2D eigenvalue weighted by molar-refractivity contribution is 0.0954. The number of amides is 3. The highest BCUT2D eigenvalue weighted by Crippen LogP contribution is 2.18. The average Bonchev–Trinajstić information content (AvgIpc) is 2.54. The molecule has 1 aliphatic rings. The Hall–Kier alpha value is -2.04. The fraction of sp³-hybridized carbons (Fsp3) is 0.529. The number of urea groups is 1. The summed E-state index contributed by atoms with van der Waals surface area (Å²) in [4.78, 5) is 24.2. The number of benzene rings is 1. The zero-order valence-electron chi connectivity index (χ0n) is 13.2. The molecule has 0 saturated heterocycles. The van der Waals surface area contributed by atoms with Crippen LogP contribution in [-0.4, -0.2) is 24.5 Å². The Labute approximate surface area is 131 Å². The Bertz CT molecular complexity index is 510. The number of para-hydroxylation sites is 1. The molecule has 3 N–H and O–H groups in total. The number of hydrogen-bond acceptors (Lipinski definition) is 2. The molecule has 1 aliphatic carbocycles. The molecule has 1 fully saturated rings. The molecule has 5 heteroatoms. The summed E-state index contributed by atoms with van der Waals surface area (Å²) in [5, 5.41) is 8.63. The van der Waals surface area contributed by atoms with Crippen LogP contribution in [0.1, 0.15) is 55.8 Å². The predicted molar refractivity (Wildman–Crippen MR) is 88.1 cm³/mol. The number of hydrogen-bond donors (Lipinski definition) is 3. The molecule has 0 radical (unpaired) electrons. The summed E-state index contributed by atoms with van der Waals surface area (Å²) in [7, 11) is 0. The number of carbonyl (C=O) groups is 2. The van der Waals surface area contributed by atoms with Gasteiger partial charge >= 0.3 is 6.03 Å². The van der Waals surface area contributed by atoms with Crippen LogP contribution in [0.5, 0.6) is 0 Å². The van der Waals surface area contributed by atoms with Crippen LogP contribution in [0.3, 0.4) is 0 Å². The van der Waals surface area contributed by atoms with E-state index in [1.54, 1.807) is 18.2 Å². The summed E-state index contributed by atoms with van der Waals surface area (Å²) >= 11 is 0. The lowest BCUT2D eigenvalue weighted by Crippen LogP contribution is -2.39. The molecule has 5 nitrogen and oxygen atoms in total. The Morgan fingerprint density at radius 1 is 1.14 bits per heavy atom. The van der Waals surface area contributed by atoms with Crippen molar-refractivity contribution >= 4 is 17.6 Å². The summed E-state index contributed by atoms with van der Waals surface area (Å²) in [6.07, 6.45) is 6.53. The van der Waals surface area contributed by atoms with Gasteiger partial charge in [-0.05, 0) is 31.4 Å². The fourth-order valence-corrected chi connectivity index (χ4v) is 2.71. The molecule has 1 aromatic rings. The molecule has 0 spiro atoms. The van der Waals surface area contributed by atoms with E-state index in [4.69, 9.17) is 0 Å². The topological polar surface area (TPSA) is 70.2 Å². The van der Waals surface area contributed by atoms with Gasteiger partial charge in [0.25, 0.3) is 5.91 Å². The summed E-state index contributed by atoms with van der Waals surface area (Å²) in [6, 6.07) is 7.10. The molecule has 1 saturated carbocycles. The SMILES string of the molecule is CCCNC(=O)c1ccccc1NC(=O)NC1CCCCC1. The molecule has 0 aliphatic heterocycles. The number of nitrogens with one attached hydrogen (secondary N) is 3. The molecule has 22 heavy (non-hydrogen) atoms. The second kappa shape index (κ2) is 8.41. The lowest BCUT2D eigenvalue weighted by atomic mass is 9.96. The Balaban J connectivity index is 1.96. The van der Waals surface area contributed by atoms with E-state index in [1.807, 2.05) is 13.0 Å². The van der Waals surface area contributed by atoms with Crippen LogP contribution < -0.4 is 16.0 Å². The predicted octanol–water partition coefficient (Wildman–Crippen LogP) is 3.28. The molecule has 0 bridgehead atoms. The quantitative estimate of drug-likeness (QED) is 0.781. The Morgan fingerprint density at radius 3 is 2.59 bits per heavy atom. The Kier molecular flexibility index (Phi) is 6.25. The van der Waals surface area contributed by atoms with Gasteiger partial charge in [-0.2, -0.15) is 0 Å². The van der Waals surface area contributed by atoms with Crippen molar-refractivity contribution in [1.29, 1.82) is 0 Å². The lowest BCUT2D eigenvalue weighted by Gasteiger charge is -2.23. The second-order valence-corrected chi connectivity index (χ2v) is 5.73. The van der Waals surface area contributed by atoms with Gasteiger partial charge in [0.1, 0.15) is 0 Å². The van der Waals surface area contributed by atoms with Crippen LogP contribution in [0.15, 0.2) is 24.3 Å². The van der Waals surface area contributed by atoms with Crippen molar-refractivity contribution in [3.8, 4) is 0 Å². The van der Waals surface area contributed by atoms with Gasteiger partial charge < -0.3 is 16.0 Å². The zero-order chi connectivity index (χ0) is 15.8. The van der Waals surface area contributed by atoms with Crippen molar-refractivity contribution in [2.24, 2.45) is 0 Å². The van der Waals surface area contributed by atoms with E-state index in [0.29, 0.717) is 17.8 Å². The number of carbonyl (C=O) groups excluding carboxylic acids is 2. The monoisotopic (exact) mass is 303 g/mol. The Morgan fingerprint density at radius 2 is 1.86 bits per heavy atom. The minimum Gasteiger partial charge on any atom is -0.352 e. The first kappa shape index (κ1) is 16.3. The van der Waals surface area contributed by atoms with Gasteiger partial charge in [-0.3, -0.25) is 4.79 Å². The second-order valence-electron chi connectivity index (χ2n) is 5.73. The van der Waals surface area contributed by atoms with Gasteiger partial charge in [0.15, 0.2) is 0 Å². The highest BCUT2D eigenvalue weighted by molar-refractivity contribution is 6.03. The van der Waals surface area contributed by atoms with Gasteiger partial charge in [-0.25, -0.2) is 4.79 Å². The average molecular weight is 303 g/mol. The van der Waals surface area contributed by atoms with E-state index in [0.717, 1.165) is 19.3 Å². The van der Waals surface area contributed by atoms with Crippen LogP contribution in [0.2, 0.25) is 0 Å². The maximum Gasteiger partial charge on any atom is 0.319 e. The molecule has 2 rings (SSSR count). The molecular weight excluding hydrogens is 278 g/mol. The molecule has 0 heterocycles. The third kappa shape index (κ3) is 4.76. The molecule has 0 aromatic heterocycles. The first-order chi connectivity index (χ1) is 10.7. The molecular formula is C17H25N3O2. The first-order valence-electron chi connectivity index (χ1n) is 8.15. The standard InChI is InChI=1S/C17H25N3O2/c1-2-12-18-16(21)14-10-6-7-11-15(14)20-17(22)19-13-8-4-3-5-9-13/h6-7,10-11,13H,2-5,8-9,12H2,1H3,(H,18,21)(H2,19,20,22). The normalized spacial score (nSPS) is 15.1. The molecule has 0 atom stereocenters. The minimum atomic E-state index is -0.234. The third-order valence-corrected chi connectivity index (χ3v) is 3.90. The van der Waals surface area contributed by atoms with Crippen LogP contribution in [0, 0.1) is 0 Å². The van der Waals surface area contributed by atoms with Crippen LogP contribution in [-0.2, 0) is 0 Å². The van der Waals surface area contributed by atoms with E-state index >= 15 is 0 Å². The van der Waals surface area contributed by atoms with E-state index in [2.05, 4.69) is 16.0 Å². The van der Waals surface area contributed by atoms with Crippen LogP contribution in [0.4, 0.5) is 10.5 Å². The fourth-order valence-electron chi connectivity index (χ4n) is 2.71. The van der Waals surface area contributed by atoms with Crippen LogP contribution >= 0.6 is 0 Å². The van der Waals surface area contributed by atoms with Gasteiger partial charge in [0, 0.05) is 12.6 Å². The number of rotatable bonds is 5. The van der Waals surface area contributed by atoms with Crippen molar-refractivity contribution in [2.45, 2.75) is 51.5 Å². The van der Waals surface area contributed by atoms with Crippen molar-refractivity contribution < 1.29 is 9.59 Å². The zero-order valence-corrected chi connectivity index (χ0v) is 13.2. The highest BCUT2D eigenvalue weighted by Gasteiger charge is 2.17.